The van der Waals surface area contributed by atoms with Crippen molar-refractivity contribution in [2.24, 2.45) is 0 Å². The van der Waals surface area contributed by atoms with Crippen LogP contribution in [0.15, 0.2) is 34.5 Å². The van der Waals surface area contributed by atoms with Crippen LogP contribution in [0.5, 0.6) is 0 Å². The van der Waals surface area contributed by atoms with Crippen molar-refractivity contribution in [3.63, 3.8) is 0 Å². The molecule has 2 heterocycles. The van der Waals surface area contributed by atoms with Gasteiger partial charge in [0.05, 0.1) is 15.5 Å². The van der Waals surface area contributed by atoms with Crippen LogP contribution in [0.1, 0.15) is 15.2 Å². The maximum atomic E-state index is 13.4. The van der Waals surface area contributed by atoms with Gasteiger partial charge in [-0.2, -0.15) is 0 Å². The third-order valence-corrected chi connectivity index (χ3v) is 6.01. The highest BCUT2D eigenvalue weighted by atomic mass is 32.2. The Morgan fingerprint density at radius 1 is 1.36 bits per heavy atom. The fourth-order valence-corrected chi connectivity index (χ4v) is 4.34. The Labute approximate surface area is 131 Å². The van der Waals surface area contributed by atoms with E-state index < -0.39 is 15.8 Å². The predicted octanol–water partition coefficient (Wildman–Crippen LogP) is 2.00. The van der Waals surface area contributed by atoms with E-state index in [0.717, 1.165) is 16.9 Å². The molecule has 0 atom stereocenters. The molecule has 1 amide bonds. The zero-order chi connectivity index (χ0) is 15.9. The van der Waals surface area contributed by atoms with Gasteiger partial charge in [0.15, 0.2) is 0 Å². The van der Waals surface area contributed by atoms with Crippen LogP contribution in [-0.4, -0.2) is 27.9 Å². The minimum atomic E-state index is -3.57. The summed E-state index contributed by atoms with van der Waals surface area (Å²) in [6, 6.07) is 5.72. The van der Waals surface area contributed by atoms with Crippen molar-refractivity contribution in [1.29, 1.82) is 0 Å². The molecule has 0 bridgehead atoms. The Hall–Kier alpha value is -1.77. The molecule has 1 aromatic heterocycles. The van der Waals surface area contributed by atoms with E-state index in [1.54, 1.807) is 6.07 Å². The highest BCUT2D eigenvalue weighted by molar-refractivity contribution is 7.89. The number of anilines is 1. The molecule has 1 aliphatic heterocycles. The molecular weight excluding hydrogens is 327 g/mol. The molecule has 0 unspecified atom stereocenters. The fourth-order valence-electron chi connectivity index (χ4n) is 2.39. The van der Waals surface area contributed by atoms with Gasteiger partial charge in [-0.25, -0.2) is 17.5 Å². The highest BCUT2D eigenvalue weighted by Crippen LogP contribution is 2.31. The molecule has 1 N–H and O–H groups in total. The smallest absolute Gasteiger partial charge is 0.268 e. The average Bonchev–Trinajstić information content (AvgIpc) is 3.13. The van der Waals surface area contributed by atoms with Gasteiger partial charge in [-0.3, -0.25) is 4.79 Å². The lowest BCUT2D eigenvalue weighted by Crippen LogP contribution is -2.28. The van der Waals surface area contributed by atoms with Crippen LogP contribution in [0.2, 0.25) is 0 Å². The quantitative estimate of drug-likeness (QED) is 0.929. The Balaban J connectivity index is 1.93. The molecule has 0 fully saturated rings. The minimum Gasteiger partial charge on any atom is -0.307 e. The second kappa shape index (κ2) is 5.45. The highest BCUT2D eigenvalue weighted by Gasteiger charge is 2.28. The largest absolute Gasteiger partial charge is 0.307 e. The first-order valence-electron chi connectivity index (χ1n) is 6.55. The summed E-state index contributed by atoms with van der Waals surface area (Å²) in [5.74, 6) is -0.713. The van der Waals surface area contributed by atoms with Gasteiger partial charge in [-0.1, -0.05) is 6.07 Å². The minimum absolute atomic E-state index is 0.0574. The summed E-state index contributed by atoms with van der Waals surface area (Å²) in [5, 5.41) is 1.42. The van der Waals surface area contributed by atoms with E-state index in [4.69, 9.17) is 0 Å². The third kappa shape index (κ3) is 2.53. The predicted molar refractivity (Wildman–Crippen MR) is 82.3 cm³/mol. The number of carbonyl (C=O) groups is 1. The number of nitrogens with one attached hydrogen (secondary N) is 1. The van der Waals surface area contributed by atoms with Gasteiger partial charge in [0.1, 0.15) is 5.82 Å². The SMILES string of the molecule is CNS(=O)(=O)c1csc(C(=O)N2CCc3ccc(F)cc32)c1. The van der Waals surface area contributed by atoms with E-state index in [2.05, 4.69) is 4.72 Å². The zero-order valence-corrected chi connectivity index (χ0v) is 13.3. The first-order valence-corrected chi connectivity index (χ1v) is 8.91. The maximum absolute atomic E-state index is 13.4. The average molecular weight is 340 g/mol. The molecule has 1 aliphatic rings. The monoisotopic (exact) mass is 340 g/mol. The summed E-state index contributed by atoms with van der Waals surface area (Å²) < 4.78 is 39.0. The lowest BCUT2D eigenvalue weighted by atomic mass is 10.2. The molecule has 3 rings (SSSR count). The number of amides is 1. The number of hydrogen-bond donors (Lipinski definition) is 1. The maximum Gasteiger partial charge on any atom is 0.268 e. The Kier molecular flexibility index (Phi) is 3.75. The van der Waals surface area contributed by atoms with E-state index in [9.17, 15) is 17.6 Å². The molecule has 0 saturated heterocycles. The van der Waals surface area contributed by atoms with Crippen LogP contribution < -0.4 is 9.62 Å². The topological polar surface area (TPSA) is 66.5 Å². The van der Waals surface area contributed by atoms with Crippen LogP contribution in [0.25, 0.3) is 0 Å². The first kappa shape index (κ1) is 15.1. The van der Waals surface area contributed by atoms with Crippen LogP contribution in [-0.2, 0) is 16.4 Å². The van der Waals surface area contributed by atoms with Crippen LogP contribution >= 0.6 is 11.3 Å². The molecule has 5 nitrogen and oxygen atoms in total. The number of rotatable bonds is 3. The van der Waals surface area contributed by atoms with Gasteiger partial charge in [0, 0.05) is 11.9 Å². The van der Waals surface area contributed by atoms with Gasteiger partial charge in [-0.15, -0.1) is 11.3 Å². The summed E-state index contributed by atoms with van der Waals surface area (Å²) >= 11 is 1.06. The second-order valence-electron chi connectivity index (χ2n) is 4.83. The number of hydrogen-bond acceptors (Lipinski definition) is 4. The van der Waals surface area contributed by atoms with E-state index >= 15 is 0 Å². The van der Waals surface area contributed by atoms with E-state index in [-0.39, 0.29) is 10.8 Å². The number of fused-ring (bicyclic) bond motifs is 1. The van der Waals surface area contributed by atoms with Crippen LogP contribution in [0.3, 0.4) is 0 Å². The van der Waals surface area contributed by atoms with E-state index in [1.807, 2.05) is 0 Å². The Morgan fingerprint density at radius 2 is 2.14 bits per heavy atom. The van der Waals surface area contributed by atoms with Crippen LogP contribution in [0, 0.1) is 5.82 Å². The second-order valence-corrected chi connectivity index (χ2v) is 7.63. The van der Waals surface area contributed by atoms with Crippen molar-refractivity contribution in [1.82, 2.24) is 4.72 Å². The standard InChI is InChI=1S/C14H13FN2O3S2/c1-16-22(19,20)11-7-13(21-8-11)14(18)17-5-4-9-2-3-10(15)6-12(9)17/h2-3,6-8,16H,4-5H2,1H3. The Bertz CT molecular complexity index is 846. The molecule has 8 heteroatoms. The normalized spacial score (nSPS) is 14.2. The van der Waals surface area contributed by atoms with Crippen molar-refractivity contribution >= 4 is 33.0 Å². The third-order valence-electron chi connectivity index (χ3n) is 3.55. The van der Waals surface area contributed by atoms with Crippen molar-refractivity contribution in [2.45, 2.75) is 11.3 Å². The summed E-state index contributed by atoms with van der Waals surface area (Å²) in [6.45, 7) is 0.462. The number of halogens is 1. The zero-order valence-electron chi connectivity index (χ0n) is 11.7. The molecule has 116 valence electrons. The molecule has 0 aliphatic carbocycles. The lowest BCUT2D eigenvalue weighted by Gasteiger charge is -2.16. The summed E-state index contributed by atoms with van der Waals surface area (Å²) in [6.07, 6.45) is 0.661. The molecule has 2 aromatic rings. The lowest BCUT2D eigenvalue weighted by molar-refractivity contribution is 0.0993. The van der Waals surface area contributed by atoms with Crippen molar-refractivity contribution < 1.29 is 17.6 Å². The number of nitrogens with zero attached hydrogens (tertiary/aromatic N) is 1. The fraction of sp³-hybridized carbons (Fsp3) is 0.214. The Morgan fingerprint density at radius 3 is 2.86 bits per heavy atom. The number of benzene rings is 1. The van der Waals surface area contributed by atoms with Gasteiger partial charge >= 0.3 is 0 Å². The number of thiophene rings is 1. The van der Waals surface area contributed by atoms with Gasteiger partial charge in [0.2, 0.25) is 10.0 Å². The number of carbonyl (C=O) groups excluding carboxylic acids is 1. The van der Waals surface area contributed by atoms with E-state index in [0.29, 0.717) is 23.5 Å². The number of sulfonamides is 1. The summed E-state index contributed by atoms with van der Waals surface area (Å²) in [5.41, 5.74) is 1.46. The van der Waals surface area contributed by atoms with Crippen molar-refractivity contribution in [2.75, 3.05) is 18.5 Å². The molecule has 0 spiro atoms. The van der Waals surface area contributed by atoms with Crippen LogP contribution in [0.4, 0.5) is 10.1 Å². The van der Waals surface area contributed by atoms with Crippen molar-refractivity contribution in [3.8, 4) is 0 Å². The summed E-state index contributed by atoms with van der Waals surface area (Å²) in [4.78, 5) is 14.4. The molecule has 22 heavy (non-hydrogen) atoms. The molecular formula is C14H13FN2O3S2. The molecule has 0 saturated carbocycles. The van der Waals surface area contributed by atoms with Gasteiger partial charge < -0.3 is 4.90 Å². The summed E-state index contributed by atoms with van der Waals surface area (Å²) in [7, 11) is -2.26. The first-order chi connectivity index (χ1) is 10.4. The molecule has 1 aromatic carbocycles. The van der Waals surface area contributed by atoms with Crippen molar-refractivity contribution in [3.05, 3.63) is 45.9 Å². The van der Waals surface area contributed by atoms with Gasteiger partial charge in [0.25, 0.3) is 5.91 Å². The molecule has 0 radical (unpaired) electrons. The van der Waals surface area contributed by atoms with E-state index in [1.165, 1.54) is 35.5 Å². The van der Waals surface area contributed by atoms with Gasteiger partial charge in [-0.05, 0) is 37.2 Å².